The average molecular weight is 303 g/mol. The van der Waals surface area contributed by atoms with E-state index in [4.69, 9.17) is 0 Å². The lowest BCUT2D eigenvalue weighted by molar-refractivity contribution is 0.102. The highest BCUT2D eigenvalue weighted by molar-refractivity contribution is 7.21. The third kappa shape index (κ3) is 2.21. The second kappa shape index (κ2) is 4.96. The quantitative estimate of drug-likeness (QED) is 0.753. The zero-order chi connectivity index (χ0) is 15.1. The Bertz CT molecular complexity index is 850. The number of hydrogen-bond acceptors (Lipinski definition) is 3. The van der Waals surface area contributed by atoms with Crippen LogP contribution in [0, 0.1) is 26.6 Å². The van der Waals surface area contributed by atoms with Gasteiger partial charge in [0, 0.05) is 21.3 Å². The zero-order valence-corrected chi connectivity index (χ0v) is 12.7. The molecule has 108 valence electrons. The van der Waals surface area contributed by atoms with Crippen LogP contribution < -0.4 is 5.32 Å². The fraction of sp³-hybridized carbons (Fsp3) is 0.200. The summed E-state index contributed by atoms with van der Waals surface area (Å²) in [7, 11) is 0. The Balaban J connectivity index is 2.01. The van der Waals surface area contributed by atoms with Gasteiger partial charge in [-0.15, -0.1) is 11.3 Å². The van der Waals surface area contributed by atoms with Crippen molar-refractivity contribution < 1.29 is 9.18 Å². The molecule has 2 heterocycles. The third-order valence-electron chi connectivity index (χ3n) is 3.59. The second-order valence-corrected chi connectivity index (χ2v) is 6.00. The number of nitrogens with one attached hydrogen (secondary N) is 2. The smallest absolute Gasteiger partial charge is 0.267 e. The maximum absolute atomic E-state index is 13.9. The maximum atomic E-state index is 13.9. The molecule has 0 aliphatic heterocycles. The molecule has 0 atom stereocenters. The van der Waals surface area contributed by atoms with Crippen LogP contribution in [0.5, 0.6) is 0 Å². The molecule has 0 unspecified atom stereocenters. The van der Waals surface area contributed by atoms with Gasteiger partial charge in [-0.3, -0.25) is 9.89 Å². The Morgan fingerprint density at radius 3 is 2.67 bits per heavy atom. The Kier molecular flexibility index (Phi) is 3.25. The van der Waals surface area contributed by atoms with Gasteiger partial charge in [0.1, 0.15) is 5.82 Å². The number of rotatable bonds is 2. The summed E-state index contributed by atoms with van der Waals surface area (Å²) in [6, 6.07) is 4.87. The number of aryl methyl sites for hydroxylation is 2. The number of thiophene rings is 1. The number of anilines is 1. The Morgan fingerprint density at radius 2 is 2.05 bits per heavy atom. The fourth-order valence-corrected chi connectivity index (χ4v) is 3.36. The fourth-order valence-electron chi connectivity index (χ4n) is 2.24. The summed E-state index contributed by atoms with van der Waals surface area (Å²) in [6.45, 7) is 5.53. The zero-order valence-electron chi connectivity index (χ0n) is 11.9. The first kappa shape index (κ1) is 13.8. The summed E-state index contributed by atoms with van der Waals surface area (Å²) in [5.41, 5.74) is 2.47. The van der Waals surface area contributed by atoms with Gasteiger partial charge in [-0.2, -0.15) is 5.10 Å². The predicted molar refractivity (Wildman–Crippen MR) is 82.5 cm³/mol. The third-order valence-corrected chi connectivity index (χ3v) is 4.85. The van der Waals surface area contributed by atoms with E-state index in [2.05, 4.69) is 15.5 Å². The highest BCUT2D eigenvalue weighted by Crippen LogP contribution is 2.33. The Morgan fingerprint density at radius 1 is 1.29 bits per heavy atom. The molecule has 0 aliphatic carbocycles. The highest BCUT2D eigenvalue weighted by Gasteiger charge is 2.19. The molecule has 0 saturated carbocycles. The molecule has 6 heteroatoms. The van der Waals surface area contributed by atoms with Gasteiger partial charge >= 0.3 is 0 Å². The maximum Gasteiger partial charge on any atom is 0.267 e. The lowest BCUT2D eigenvalue weighted by Gasteiger charge is -2.02. The van der Waals surface area contributed by atoms with Crippen molar-refractivity contribution in [3.05, 3.63) is 45.7 Å². The molecule has 0 saturated heterocycles. The van der Waals surface area contributed by atoms with Crippen LogP contribution in [0.15, 0.2) is 18.2 Å². The average Bonchev–Trinajstić information content (AvgIpc) is 2.95. The van der Waals surface area contributed by atoms with Crippen molar-refractivity contribution in [1.29, 1.82) is 0 Å². The summed E-state index contributed by atoms with van der Waals surface area (Å²) >= 11 is 1.29. The molecule has 2 aromatic heterocycles. The van der Waals surface area contributed by atoms with Crippen LogP contribution in [0.4, 0.5) is 10.2 Å². The number of nitrogens with zero attached hydrogens (tertiary/aromatic N) is 1. The molecule has 3 rings (SSSR count). The number of amides is 1. The number of carbonyl (C=O) groups excluding carboxylic acids is 1. The van der Waals surface area contributed by atoms with E-state index in [9.17, 15) is 9.18 Å². The van der Waals surface area contributed by atoms with Crippen molar-refractivity contribution in [2.45, 2.75) is 20.8 Å². The number of hydrogen-bond donors (Lipinski definition) is 2. The summed E-state index contributed by atoms with van der Waals surface area (Å²) in [5.74, 6) is -0.0513. The van der Waals surface area contributed by atoms with Crippen molar-refractivity contribution in [3.8, 4) is 0 Å². The Hall–Kier alpha value is -2.21. The minimum absolute atomic E-state index is 0.261. The molecule has 0 spiro atoms. The van der Waals surface area contributed by atoms with Crippen LogP contribution in [-0.4, -0.2) is 16.1 Å². The first-order valence-electron chi connectivity index (χ1n) is 6.49. The van der Waals surface area contributed by atoms with Crippen LogP contribution in [0.3, 0.4) is 0 Å². The molecule has 3 aromatic rings. The van der Waals surface area contributed by atoms with Crippen LogP contribution in [-0.2, 0) is 0 Å². The van der Waals surface area contributed by atoms with Gasteiger partial charge in [0.25, 0.3) is 5.91 Å². The van der Waals surface area contributed by atoms with Crippen molar-refractivity contribution in [2.24, 2.45) is 0 Å². The van der Waals surface area contributed by atoms with E-state index in [0.29, 0.717) is 21.6 Å². The molecule has 4 nitrogen and oxygen atoms in total. The van der Waals surface area contributed by atoms with E-state index in [1.807, 2.05) is 19.9 Å². The second-order valence-electron chi connectivity index (χ2n) is 4.95. The number of carbonyl (C=O) groups is 1. The number of aromatic nitrogens is 2. The summed E-state index contributed by atoms with van der Waals surface area (Å²) in [4.78, 5) is 12.9. The van der Waals surface area contributed by atoms with E-state index >= 15 is 0 Å². The SMILES string of the molecule is Cc1[nH]nc(NC(=O)c2sc3cccc(F)c3c2C)c1C. The van der Waals surface area contributed by atoms with Crippen LogP contribution >= 0.6 is 11.3 Å². The van der Waals surface area contributed by atoms with Crippen molar-refractivity contribution >= 4 is 33.1 Å². The topological polar surface area (TPSA) is 57.8 Å². The number of halogens is 1. The number of benzene rings is 1. The Labute approximate surface area is 125 Å². The van der Waals surface area contributed by atoms with Crippen LogP contribution in [0.2, 0.25) is 0 Å². The molecule has 0 radical (unpaired) electrons. The molecular formula is C15H14FN3OS. The first-order valence-corrected chi connectivity index (χ1v) is 7.31. The molecule has 0 bridgehead atoms. The summed E-state index contributed by atoms with van der Waals surface area (Å²) in [6.07, 6.45) is 0. The standard InChI is InChI=1S/C15H14FN3OS/c1-7-9(3)18-19-14(7)17-15(20)13-8(2)12-10(16)5-4-6-11(12)21-13/h4-6H,1-3H3,(H2,17,18,19,20). The number of H-pyrrole nitrogens is 1. The van der Waals surface area contributed by atoms with Crippen molar-refractivity contribution in [2.75, 3.05) is 5.32 Å². The molecule has 0 aliphatic rings. The molecule has 0 fully saturated rings. The molecule has 1 amide bonds. The minimum Gasteiger partial charge on any atom is -0.304 e. The minimum atomic E-state index is -0.299. The molecule has 1 aromatic carbocycles. The van der Waals surface area contributed by atoms with Crippen LogP contribution in [0.1, 0.15) is 26.5 Å². The van der Waals surface area contributed by atoms with Gasteiger partial charge in [-0.1, -0.05) is 6.07 Å². The van der Waals surface area contributed by atoms with Gasteiger partial charge in [0.2, 0.25) is 0 Å². The van der Waals surface area contributed by atoms with Crippen molar-refractivity contribution in [3.63, 3.8) is 0 Å². The monoisotopic (exact) mass is 303 g/mol. The van der Waals surface area contributed by atoms with E-state index in [0.717, 1.165) is 16.0 Å². The normalized spacial score (nSPS) is 11.0. The predicted octanol–water partition coefficient (Wildman–Crippen LogP) is 3.94. The molecule has 21 heavy (non-hydrogen) atoms. The first-order chi connectivity index (χ1) is 9.99. The van der Waals surface area contributed by atoms with Gasteiger partial charge < -0.3 is 5.32 Å². The van der Waals surface area contributed by atoms with Gasteiger partial charge in [0.15, 0.2) is 5.82 Å². The van der Waals surface area contributed by atoms with E-state index in [-0.39, 0.29) is 11.7 Å². The van der Waals surface area contributed by atoms with Gasteiger partial charge in [-0.25, -0.2) is 4.39 Å². The lowest BCUT2D eigenvalue weighted by atomic mass is 10.1. The largest absolute Gasteiger partial charge is 0.304 e. The summed E-state index contributed by atoms with van der Waals surface area (Å²) < 4.78 is 14.6. The molecular weight excluding hydrogens is 289 g/mol. The number of fused-ring (bicyclic) bond motifs is 1. The number of aromatic amines is 1. The van der Waals surface area contributed by atoms with Gasteiger partial charge in [0.05, 0.1) is 4.88 Å². The highest BCUT2D eigenvalue weighted by atomic mass is 32.1. The van der Waals surface area contributed by atoms with Gasteiger partial charge in [-0.05, 0) is 38.5 Å². The van der Waals surface area contributed by atoms with Crippen molar-refractivity contribution in [1.82, 2.24) is 10.2 Å². The molecule has 2 N–H and O–H groups in total. The van der Waals surface area contributed by atoms with E-state index in [1.165, 1.54) is 17.4 Å². The van der Waals surface area contributed by atoms with E-state index in [1.54, 1.807) is 13.0 Å². The van der Waals surface area contributed by atoms with E-state index < -0.39 is 0 Å². The lowest BCUT2D eigenvalue weighted by Crippen LogP contribution is -2.12. The van der Waals surface area contributed by atoms with Crippen LogP contribution in [0.25, 0.3) is 10.1 Å². The summed E-state index contributed by atoms with van der Waals surface area (Å²) in [5, 5.41) is 10.2.